The molecule has 0 aromatic carbocycles. The number of halogens is 3. The number of ether oxygens (including phenoxy) is 1. The molecule has 3 rings (SSSR count). The maximum absolute atomic E-state index is 12.6. The van der Waals surface area contributed by atoms with E-state index in [1.54, 1.807) is 0 Å². The molecule has 2 atom stereocenters. The molecule has 2 aliphatic rings. The normalized spacial score (nSPS) is 26.6. The van der Waals surface area contributed by atoms with E-state index in [-0.39, 0.29) is 11.9 Å². The largest absolute Gasteiger partial charge is 0.416 e. The second-order valence-corrected chi connectivity index (χ2v) is 5.55. The van der Waals surface area contributed by atoms with Gasteiger partial charge in [0.1, 0.15) is 5.82 Å². The number of morpholine rings is 1. The Balaban J connectivity index is 1.55. The number of anilines is 1. The van der Waals surface area contributed by atoms with Crippen molar-refractivity contribution < 1.29 is 17.9 Å². The van der Waals surface area contributed by atoms with Gasteiger partial charge in [-0.15, -0.1) is 0 Å². The smallest absolute Gasteiger partial charge is 0.373 e. The van der Waals surface area contributed by atoms with Crippen LogP contribution >= 0.6 is 0 Å². The van der Waals surface area contributed by atoms with Crippen LogP contribution in [0.1, 0.15) is 18.4 Å². The molecule has 0 amide bonds. The molecule has 2 saturated heterocycles. The van der Waals surface area contributed by atoms with Gasteiger partial charge < -0.3 is 10.1 Å². The molecule has 0 saturated carbocycles. The van der Waals surface area contributed by atoms with Gasteiger partial charge >= 0.3 is 6.18 Å². The number of hydrogen-bond acceptors (Lipinski definition) is 4. The molecule has 7 heteroatoms. The summed E-state index contributed by atoms with van der Waals surface area (Å²) in [4.78, 5) is 6.32. The summed E-state index contributed by atoms with van der Waals surface area (Å²) in [7, 11) is 0. The number of nitrogens with zero attached hydrogens (tertiary/aromatic N) is 2. The van der Waals surface area contributed by atoms with Crippen molar-refractivity contribution in [1.29, 1.82) is 0 Å². The monoisotopic (exact) mass is 301 g/mol. The van der Waals surface area contributed by atoms with Crippen LogP contribution in [0.3, 0.4) is 0 Å². The van der Waals surface area contributed by atoms with E-state index in [0.717, 1.165) is 25.2 Å². The molecule has 0 radical (unpaired) electrons. The van der Waals surface area contributed by atoms with Gasteiger partial charge in [-0.05, 0) is 31.5 Å². The van der Waals surface area contributed by atoms with Crippen molar-refractivity contribution in [2.24, 2.45) is 0 Å². The van der Waals surface area contributed by atoms with E-state index in [4.69, 9.17) is 4.74 Å². The van der Waals surface area contributed by atoms with Crippen LogP contribution in [-0.4, -0.2) is 48.3 Å². The highest BCUT2D eigenvalue weighted by molar-refractivity contribution is 5.38. The van der Waals surface area contributed by atoms with Gasteiger partial charge in [0.15, 0.2) is 0 Å². The van der Waals surface area contributed by atoms with Crippen LogP contribution in [0.2, 0.25) is 0 Å². The number of alkyl halides is 3. The molecule has 2 fully saturated rings. The molecule has 116 valence electrons. The zero-order valence-electron chi connectivity index (χ0n) is 11.6. The van der Waals surface area contributed by atoms with E-state index in [9.17, 15) is 13.2 Å². The Labute approximate surface area is 121 Å². The Morgan fingerprint density at radius 2 is 2.29 bits per heavy atom. The zero-order valence-corrected chi connectivity index (χ0v) is 11.6. The molecule has 3 heterocycles. The third kappa shape index (κ3) is 3.47. The van der Waals surface area contributed by atoms with Gasteiger partial charge in [0.05, 0.1) is 18.3 Å². The molecule has 2 unspecified atom stereocenters. The Morgan fingerprint density at radius 1 is 1.43 bits per heavy atom. The van der Waals surface area contributed by atoms with Crippen LogP contribution < -0.4 is 5.32 Å². The summed E-state index contributed by atoms with van der Waals surface area (Å²) in [5.41, 5.74) is -0.691. The molecule has 1 aromatic rings. The van der Waals surface area contributed by atoms with Crippen LogP contribution in [0, 0.1) is 0 Å². The molecule has 1 N–H and O–H groups in total. The molecule has 0 spiro atoms. The van der Waals surface area contributed by atoms with Gasteiger partial charge in [-0.25, -0.2) is 4.98 Å². The predicted molar refractivity (Wildman–Crippen MR) is 72.1 cm³/mol. The first-order valence-electron chi connectivity index (χ1n) is 7.15. The predicted octanol–water partition coefficient (Wildman–Crippen LogP) is 2.38. The third-order valence-corrected chi connectivity index (χ3v) is 4.06. The lowest BCUT2D eigenvalue weighted by atomic mass is 10.2. The molecular formula is C14H18F3N3O. The number of hydrogen-bond donors (Lipinski definition) is 1. The summed E-state index contributed by atoms with van der Waals surface area (Å²) in [5, 5.41) is 2.94. The number of rotatable bonds is 3. The van der Waals surface area contributed by atoms with E-state index in [2.05, 4.69) is 15.2 Å². The van der Waals surface area contributed by atoms with Gasteiger partial charge in [-0.2, -0.15) is 13.2 Å². The van der Waals surface area contributed by atoms with Crippen LogP contribution in [-0.2, 0) is 10.9 Å². The molecule has 4 nitrogen and oxygen atoms in total. The first kappa shape index (κ1) is 14.6. The van der Waals surface area contributed by atoms with Crippen LogP contribution in [0.25, 0.3) is 0 Å². The summed E-state index contributed by atoms with van der Waals surface area (Å²) < 4.78 is 43.6. The van der Waals surface area contributed by atoms with Gasteiger partial charge in [-0.1, -0.05) is 0 Å². The van der Waals surface area contributed by atoms with E-state index in [1.807, 2.05) is 0 Å². The van der Waals surface area contributed by atoms with Gasteiger partial charge in [0, 0.05) is 25.3 Å². The van der Waals surface area contributed by atoms with E-state index < -0.39 is 11.7 Å². The lowest BCUT2D eigenvalue weighted by Gasteiger charge is -2.35. The third-order valence-electron chi connectivity index (χ3n) is 4.06. The Morgan fingerprint density at radius 3 is 3.10 bits per heavy atom. The topological polar surface area (TPSA) is 37.4 Å². The fourth-order valence-corrected chi connectivity index (χ4v) is 2.93. The molecule has 21 heavy (non-hydrogen) atoms. The standard InChI is InChI=1S/C14H18F3N3O/c15-14(16,17)10-3-4-18-13(6-10)19-7-12-8-20-5-1-2-11(20)9-21-12/h3-4,6,11-12H,1-2,5,7-9H2,(H,18,19). The lowest BCUT2D eigenvalue weighted by Crippen LogP contribution is -2.48. The van der Waals surface area contributed by atoms with Crippen molar-refractivity contribution in [2.75, 3.05) is 31.6 Å². The second kappa shape index (κ2) is 5.81. The summed E-state index contributed by atoms with van der Waals surface area (Å²) in [6, 6.07) is 2.52. The summed E-state index contributed by atoms with van der Waals surface area (Å²) in [6.45, 7) is 3.10. The highest BCUT2D eigenvalue weighted by Gasteiger charge is 2.33. The molecule has 0 bridgehead atoms. The minimum atomic E-state index is -4.34. The first-order valence-corrected chi connectivity index (χ1v) is 7.15. The van der Waals surface area contributed by atoms with Crippen molar-refractivity contribution in [3.8, 4) is 0 Å². The summed E-state index contributed by atoms with van der Waals surface area (Å²) in [5.74, 6) is 0.233. The Kier molecular flexibility index (Phi) is 4.03. The molecular weight excluding hydrogens is 283 g/mol. The minimum absolute atomic E-state index is 0.00399. The van der Waals surface area contributed by atoms with E-state index in [0.29, 0.717) is 19.2 Å². The van der Waals surface area contributed by atoms with Crippen LogP contribution in [0.5, 0.6) is 0 Å². The van der Waals surface area contributed by atoms with Crippen molar-refractivity contribution in [2.45, 2.75) is 31.2 Å². The lowest BCUT2D eigenvalue weighted by molar-refractivity contribution is -0.137. The number of aromatic nitrogens is 1. The molecule has 2 aliphatic heterocycles. The Hall–Kier alpha value is -1.34. The highest BCUT2D eigenvalue weighted by Crippen LogP contribution is 2.30. The average Bonchev–Trinajstić information content (AvgIpc) is 2.92. The van der Waals surface area contributed by atoms with Crippen molar-refractivity contribution in [1.82, 2.24) is 9.88 Å². The quantitative estimate of drug-likeness (QED) is 0.930. The Bertz CT molecular complexity index is 495. The molecule has 0 aliphatic carbocycles. The fraction of sp³-hybridized carbons (Fsp3) is 0.643. The molecule has 1 aromatic heterocycles. The van der Waals surface area contributed by atoms with Crippen LogP contribution in [0.15, 0.2) is 18.3 Å². The maximum Gasteiger partial charge on any atom is 0.416 e. The number of fused-ring (bicyclic) bond motifs is 1. The first-order chi connectivity index (χ1) is 10.0. The van der Waals surface area contributed by atoms with Crippen molar-refractivity contribution in [3.63, 3.8) is 0 Å². The summed E-state index contributed by atoms with van der Waals surface area (Å²) in [6.07, 6.45) is -0.804. The zero-order chi connectivity index (χ0) is 14.9. The number of pyridine rings is 1. The van der Waals surface area contributed by atoms with Crippen molar-refractivity contribution >= 4 is 5.82 Å². The van der Waals surface area contributed by atoms with Gasteiger partial charge in [0.2, 0.25) is 0 Å². The minimum Gasteiger partial charge on any atom is -0.373 e. The van der Waals surface area contributed by atoms with E-state index >= 15 is 0 Å². The number of nitrogens with one attached hydrogen (secondary N) is 1. The van der Waals surface area contributed by atoms with Crippen LogP contribution in [0.4, 0.5) is 19.0 Å². The van der Waals surface area contributed by atoms with E-state index in [1.165, 1.54) is 19.0 Å². The van der Waals surface area contributed by atoms with Gasteiger partial charge in [0.25, 0.3) is 0 Å². The second-order valence-electron chi connectivity index (χ2n) is 5.55. The fourth-order valence-electron chi connectivity index (χ4n) is 2.93. The SMILES string of the molecule is FC(F)(F)c1ccnc(NCC2CN3CCCC3CO2)c1. The average molecular weight is 301 g/mol. The highest BCUT2D eigenvalue weighted by atomic mass is 19.4. The van der Waals surface area contributed by atoms with Gasteiger partial charge in [-0.3, -0.25) is 4.90 Å². The maximum atomic E-state index is 12.6. The summed E-state index contributed by atoms with van der Waals surface area (Å²) >= 11 is 0. The van der Waals surface area contributed by atoms with Crippen molar-refractivity contribution in [3.05, 3.63) is 23.9 Å².